The smallest absolute Gasteiger partial charge is 0.165 e. The van der Waals surface area contributed by atoms with Gasteiger partial charge in [-0.15, -0.1) is 0 Å². The molecule has 2 aliphatic heterocycles. The van der Waals surface area contributed by atoms with Crippen LogP contribution in [0.3, 0.4) is 0 Å². The second-order valence-electron chi connectivity index (χ2n) is 11.5. The maximum atomic E-state index is 13.9. The Hall–Kier alpha value is -0.140. The van der Waals surface area contributed by atoms with Crippen LogP contribution in [0.4, 0.5) is 0 Å². The highest BCUT2D eigenvalue weighted by atomic mass is 32.2. The van der Waals surface area contributed by atoms with E-state index >= 15 is 0 Å². The molecule has 0 radical (unpaired) electrons. The fourth-order valence-electron chi connectivity index (χ4n) is 9.01. The Morgan fingerprint density at radius 3 is 1.38 bits per heavy atom. The van der Waals surface area contributed by atoms with Crippen LogP contribution in [0, 0.1) is 22.7 Å². The highest BCUT2D eigenvalue weighted by molar-refractivity contribution is 7.99. The molecule has 5 aliphatic carbocycles. The molecule has 7 heteroatoms. The van der Waals surface area contributed by atoms with Gasteiger partial charge in [-0.25, -0.2) is 16.8 Å². The molecule has 2 saturated heterocycles. The summed E-state index contributed by atoms with van der Waals surface area (Å²) in [7, 11) is -7.35. The summed E-state index contributed by atoms with van der Waals surface area (Å²) in [4.78, 5) is 0. The van der Waals surface area contributed by atoms with Crippen molar-refractivity contribution in [3.63, 3.8) is 0 Å². The molecule has 146 valence electrons. The molecule has 7 aliphatic rings. The van der Waals surface area contributed by atoms with E-state index in [0.29, 0.717) is 11.8 Å². The van der Waals surface area contributed by atoms with Crippen molar-refractivity contribution >= 4 is 19.7 Å². The minimum atomic E-state index is -3.68. The molecule has 8 atom stereocenters. The zero-order chi connectivity index (χ0) is 19.1. The van der Waals surface area contributed by atoms with Gasteiger partial charge in [0.25, 0.3) is 0 Å². The Kier molecular flexibility index (Phi) is 2.24. The molecular weight excluding hydrogens is 372 g/mol. The van der Waals surface area contributed by atoms with Crippen molar-refractivity contribution in [1.82, 2.24) is 0 Å². The van der Waals surface area contributed by atoms with Crippen LogP contribution in [0.25, 0.3) is 0 Å². The third-order valence-electron chi connectivity index (χ3n) is 9.32. The normalized spacial score (nSPS) is 58.2. The van der Waals surface area contributed by atoms with Gasteiger partial charge < -0.3 is 4.74 Å². The van der Waals surface area contributed by atoms with E-state index in [1.165, 1.54) is 0 Å². The molecule has 0 N–H and O–H groups in total. The second-order valence-corrected chi connectivity index (χ2v) is 17.3. The van der Waals surface area contributed by atoms with E-state index in [2.05, 4.69) is 0 Å². The summed E-state index contributed by atoms with van der Waals surface area (Å²) in [5, 5.41) is 0. The zero-order valence-electron chi connectivity index (χ0n) is 16.3. The predicted molar refractivity (Wildman–Crippen MR) is 97.2 cm³/mol. The van der Waals surface area contributed by atoms with E-state index in [0.717, 1.165) is 19.3 Å². The Morgan fingerprint density at radius 1 is 0.731 bits per heavy atom. The van der Waals surface area contributed by atoms with Crippen molar-refractivity contribution in [2.75, 3.05) is 0 Å². The van der Waals surface area contributed by atoms with Gasteiger partial charge in [0.1, 0.15) is 9.49 Å². The number of hydrogen-bond acceptors (Lipinski definition) is 5. The van der Waals surface area contributed by atoms with Gasteiger partial charge in [-0.2, -0.15) is 0 Å². The summed E-state index contributed by atoms with van der Waals surface area (Å²) < 4.78 is 57.6. The lowest BCUT2D eigenvalue weighted by Gasteiger charge is -2.52. The van der Waals surface area contributed by atoms with E-state index < -0.39 is 61.7 Å². The van der Waals surface area contributed by atoms with E-state index in [4.69, 9.17) is 4.74 Å². The van der Waals surface area contributed by atoms with Gasteiger partial charge in [0.15, 0.2) is 19.7 Å². The topological polar surface area (TPSA) is 77.5 Å². The van der Waals surface area contributed by atoms with Crippen LogP contribution >= 0.6 is 0 Å². The summed E-state index contributed by atoms with van der Waals surface area (Å²) in [6, 6.07) is 0. The molecule has 7 fully saturated rings. The number of sulfone groups is 2. The minimum absolute atomic E-state index is 0.324. The van der Waals surface area contributed by atoms with Gasteiger partial charge in [-0.1, -0.05) is 0 Å². The van der Waals surface area contributed by atoms with Crippen LogP contribution in [0.1, 0.15) is 60.8 Å². The Bertz CT molecular complexity index is 920. The van der Waals surface area contributed by atoms with Gasteiger partial charge in [-0.05, 0) is 72.6 Å². The molecule has 0 unspecified atom stereocenters. The summed E-state index contributed by atoms with van der Waals surface area (Å²) in [6.07, 6.45) is 2.28. The van der Waals surface area contributed by atoms with Crippen LogP contribution < -0.4 is 0 Å². The van der Waals surface area contributed by atoms with Crippen molar-refractivity contribution in [2.24, 2.45) is 22.7 Å². The average Bonchev–Trinajstić information content (AvgIpc) is 2.93. The molecule has 5 saturated carbocycles. The molecular formula is C19H28O5S2. The molecule has 0 amide bonds. The lowest BCUT2D eigenvalue weighted by atomic mass is 9.63. The first-order chi connectivity index (χ1) is 11.7. The number of rotatable bonds is 2. The maximum Gasteiger partial charge on any atom is 0.165 e. The van der Waals surface area contributed by atoms with Crippen molar-refractivity contribution in [1.29, 1.82) is 0 Å². The quantitative estimate of drug-likeness (QED) is 0.709. The highest BCUT2D eigenvalue weighted by Gasteiger charge is 3.28. The molecule has 0 aromatic heterocycles. The summed E-state index contributed by atoms with van der Waals surface area (Å²) >= 11 is 0. The molecule has 7 rings (SSSR count). The van der Waals surface area contributed by atoms with Gasteiger partial charge in [0, 0.05) is 10.8 Å². The predicted octanol–water partition coefficient (Wildman–Crippen LogP) is 2.10. The van der Waals surface area contributed by atoms with Gasteiger partial charge >= 0.3 is 0 Å². The van der Waals surface area contributed by atoms with Crippen molar-refractivity contribution in [2.45, 2.75) is 92.0 Å². The first-order valence-corrected chi connectivity index (χ1v) is 12.8. The second kappa shape index (κ2) is 3.47. The molecule has 0 aromatic rings. The molecule has 26 heavy (non-hydrogen) atoms. The van der Waals surface area contributed by atoms with Crippen LogP contribution in [0.2, 0.25) is 0 Å². The third-order valence-corrected chi connectivity index (χ3v) is 16.1. The minimum Gasteiger partial charge on any atom is -0.370 e. The van der Waals surface area contributed by atoms with Crippen molar-refractivity contribution < 1.29 is 21.6 Å². The lowest BCUT2D eigenvalue weighted by molar-refractivity contribution is 0.0868. The number of fused-ring (bicyclic) bond motifs is 2. The van der Waals surface area contributed by atoms with Gasteiger partial charge in [0.05, 0.1) is 21.7 Å². The van der Waals surface area contributed by atoms with Crippen LogP contribution in [0.5, 0.6) is 0 Å². The monoisotopic (exact) mass is 400 g/mol. The average molecular weight is 401 g/mol. The zero-order valence-corrected chi connectivity index (χ0v) is 17.9. The molecule has 4 bridgehead atoms. The molecule has 0 aromatic carbocycles. The van der Waals surface area contributed by atoms with E-state index in [-0.39, 0.29) is 0 Å². The molecule has 2 heterocycles. The maximum absolute atomic E-state index is 13.9. The van der Waals surface area contributed by atoms with E-state index in [9.17, 15) is 16.8 Å². The summed E-state index contributed by atoms with van der Waals surface area (Å²) in [5.74, 6) is 0.649. The van der Waals surface area contributed by atoms with E-state index in [1.54, 1.807) is 41.5 Å². The van der Waals surface area contributed by atoms with Gasteiger partial charge in [0.2, 0.25) is 0 Å². The van der Waals surface area contributed by atoms with Crippen LogP contribution in [-0.4, -0.2) is 48.0 Å². The van der Waals surface area contributed by atoms with E-state index in [1.807, 2.05) is 0 Å². The fourth-order valence-corrected chi connectivity index (χ4v) is 15.7. The number of hydrogen-bond donors (Lipinski definition) is 0. The third kappa shape index (κ3) is 0.913. The SMILES string of the molecule is CC(C)(C)S(=O)(=O)[C@]12[C@H]3O[C@H]4[C@@]5([C@H]6CC[C@@H](C6)[C@]351)[C@]42S(=O)(=O)C(C)(C)C. The largest absolute Gasteiger partial charge is 0.370 e. The summed E-state index contributed by atoms with van der Waals surface area (Å²) in [6.45, 7) is 10.3. The van der Waals surface area contributed by atoms with Crippen molar-refractivity contribution in [3.05, 3.63) is 0 Å². The Morgan fingerprint density at radius 2 is 1.08 bits per heavy atom. The lowest BCUT2D eigenvalue weighted by Crippen LogP contribution is -2.69. The molecule has 5 nitrogen and oxygen atoms in total. The summed E-state index contributed by atoms with van der Waals surface area (Å²) in [5.41, 5.74) is -0.809. The standard InChI is InChI=1S/C19H28O5S2/c1-14(2,3)25(20,21)18-12-16(18)10-7-8-11(9-10)17(16)13(24-12)19(17,18)26(22,23)15(4,5)6/h10-13H,7-9H2,1-6H3/t10-,11-,12-,13-,16-,17+,18+,19+/m0/s1. The first-order valence-electron chi connectivity index (χ1n) is 9.82. The van der Waals surface area contributed by atoms with Crippen molar-refractivity contribution in [3.8, 4) is 0 Å². The Balaban J connectivity index is 1.70. The number of ether oxygens (including phenoxy) is 1. The van der Waals surface area contributed by atoms with Gasteiger partial charge in [-0.3, -0.25) is 0 Å². The van der Waals surface area contributed by atoms with Crippen LogP contribution in [0.15, 0.2) is 0 Å². The Labute approximate surface area is 156 Å². The fraction of sp³-hybridized carbons (Fsp3) is 1.00. The first kappa shape index (κ1) is 16.8. The highest BCUT2D eigenvalue weighted by Crippen LogP contribution is 3.13. The van der Waals surface area contributed by atoms with Crippen LogP contribution in [-0.2, 0) is 24.4 Å². The molecule has 2 spiro atoms.